The van der Waals surface area contributed by atoms with Crippen LogP contribution in [-0.4, -0.2) is 31.9 Å². The molecule has 8 nitrogen and oxygen atoms in total. The highest BCUT2D eigenvalue weighted by atomic mass is 32.2. The smallest absolute Gasteiger partial charge is 0.297 e. The van der Waals surface area contributed by atoms with Crippen molar-refractivity contribution < 1.29 is 34.2 Å². The van der Waals surface area contributed by atoms with Gasteiger partial charge in [0.1, 0.15) is 11.5 Å². The fourth-order valence-electron chi connectivity index (χ4n) is 4.86. The lowest BCUT2D eigenvalue weighted by molar-refractivity contribution is 0.203. The van der Waals surface area contributed by atoms with Gasteiger partial charge in [0.2, 0.25) is 19.7 Å². The fraction of sp³-hybridized carbons (Fsp3) is 0.211. The first-order valence-corrected chi connectivity index (χ1v) is 19.8. The molecule has 49 heavy (non-hydrogen) atoms. The van der Waals surface area contributed by atoms with Crippen molar-refractivity contribution in [1.82, 2.24) is 0 Å². The summed E-state index contributed by atoms with van der Waals surface area (Å²) in [5.74, 6) is 0.775. The first-order chi connectivity index (χ1) is 22.9. The number of ether oxygens (including phenoxy) is 1. The van der Waals surface area contributed by atoms with Crippen molar-refractivity contribution in [3.8, 4) is 11.5 Å². The van der Waals surface area contributed by atoms with Gasteiger partial charge in [-0.3, -0.25) is 4.18 Å². The second-order valence-electron chi connectivity index (χ2n) is 13.1. The maximum Gasteiger partial charge on any atom is 0.297 e. The molecule has 0 aliphatic heterocycles. The SMILES string of the molecule is Cc1ccc(S(=O)(=O)c2ccc(Oc3ccc(S(=O)(=O)c4ccc(Cc5ccc(C)c(S(=O)(=O)OCC(C)(C)C)c5)cc4)cc3)cc2)cc1. The van der Waals surface area contributed by atoms with E-state index in [2.05, 4.69) is 0 Å². The lowest BCUT2D eigenvalue weighted by atomic mass is 9.99. The minimum atomic E-state index is -3.94. The molecule has 0 saturated heterocycles. The number of sulfone groups is 2. The van der Waals surface area contributed by atoms with Crippen molar-refractivity contribution in [2.45, 2.75) is 65.5 Å². The molecule has 0 unspecified atom stereocenters. The van der Waals surface area contributed by atoms with Crippen LogP contribution >= 0.6 is 0 Å². The monoisotopic (exact) mass is 718 g/mol. The van der Waals surface area contributed by atoms with E-state index in [9.17, 15) is 25.3 Å². The van der Waals surface area contributed by atoms with Crippen molar-refractivity contribution in [3.05, 3.63) is 138 Å². The summed E-state index contributed by atoms with van der Waals surface area (Å²) in [5.41, 5.74) is 2.78. The minimum absolute atomic E-state index is 0.0576. The molecule has 0 aliphatic carbocycles. The Balaban J connectivity index is 1.25. The molecule has 5 aromatic carbocycles. The van der Waals surface area contributed by atoms with E-state index >= 15 is 0 Å². The molecular formula is C38H38O8S3. The van der Waals surface area contributed by atoms with E-state index in [1.165, 1.54) is 48.5 Å². The Kier molecular flexibility index (Phi) is 10.2. The summed E-state index contributed by atoms with van der Waals surface area (Å²) >= 11 is 0. The second-order valence-corrected chi connectivity index (χ2v) is 18.5. The average molecular weight is 719 g/mol. The van der Waals surface area contributed by atoms with Crippen LogP contribution in [0.3, 0.4) is 0 Å². The van der Waals surface area contributed by atoms with Gasteiger partial charge in [-0.05, 0) is 121 Å². The molecular weight excluding hydrogens is 681 g/mol. The summed E-state index contributed by atoms with van der Waals surface area (Å²) in [4.78, 5) is 0.639. The van der Waals surface area contributed by atoms with Gasteiger partial charge in [0.25, 0.3) is 10.1 Å². The lowest BCUT2D eigenvalue weighted by Gasteiger charge is -2.18. The molecule has 0 fully saturated rings. The van der Waals surface area contributed by atoms with Gasteiger partial charge in [-0.2, -0.15) is 8.42 Å². The molecule has 0 N–H and O–H groups in total. The highest BCUT2D eigenvalue weighted by molar-refractivity contribution is 7.91. The van der Waals surface area contributed by atoms with Crippen molar-refractivity contribution in [3.63, 3.8) is 0 Å². The Morgan fingerprint density at radius 3 is 1.39 bits per heavy atom. The van der Waals surface area contributed by atoms with E-state index in [-0.39, 0.29) is 36.5 Å². The van der Waals surface area contributed by atoms with E-state index < -0.39 is 29.8 Å². The Morgan fingerprint density at radius 1 is 0.531 bits per heavy atom. The summed E-state index contributed by atoms with van der Waals surface area (Å²) in [6, 6.07) is 30.3. The lowest BCUT2D eigenvalue weighted by Crippen LogP contribution is -2.19. The van der Waals surface area contributed by atoms with E-state index in [0.29, 0.717) is 23.5 Å². The number of aryl methyl sites for hydroxylation is 2. The molecule has 5 rings (SSSR count). The number of benzene rings is 5. The maximum absolute atomic E-state index is 13.4. The van der Waals surface area contributed by atoms with Crippen molar-refractivity contribution in [2.24, 2.45) is 5.41 Å². The summed E-state index contributed by atoms with van der Waals surface area (Å²) in [6.07, 6.45) is 0.396. The van der Waals surface area contributed by atoms with Crippen LogP contribution in [-0.2, 0) is 40.4 Å². The van der Waals surface area contributed by atoms with Gasteiger partial charge < -0.3 is 4.74 Å². The molecule has 0 aliphatic rings. The third-order valence-electron chi connectivity index (χ3n) is 7.65. The Hall–Kier alpha value is -4.29. The zero-order chi connectivity index (χ0) is 35.6. The molecule has 0 bridgehead atoms. The molecule has 5 aromatic rings. The third kappa shape index (κ3) is 8.66. The van der Waals surface area contributed by atoms with E-state index in [1.54, 1.807) is 67.6 Å². The van der Waals surface area contributed by atoms with Gasteiger partial charge in [-0.25, -0.2) is 16.8 Å². The van der Waals surface area contributed by atoms with Gasteiger partial charge in [-0.15, -0.1) is 0 Å². The Bertz CT molecular complexity index is 2270. The molecule has 0 amide bonds. The van der Waals surface area contributed by atoms with Crippen LogP contribution in [0.5, 0.6) is 11.5 Å². The number of hydrogen-bond donors (Lipinski definition) is 0. The minimum Gasteiger partial charge on any atom is -0.457 e. The van der Waals surface area contributed by atoms with Crippen LogP contribution in [0.2, 0.25) is 0 Å². The fourth-order valence-corrected chi connectivity index (χ4v) is 8.78. The highest BCUT2D eigenvalue weighted by Gasteiger charge is 2.23. The first kappa shape index (κ1) is 36.0. The molecule has 11 heteroatoms. The van der Waals surface area contributed by atoms with Gasteiger partial charge in [-0.1, -0.05) is 62.7 Å². The molecule has 0 aromatic heterocycles. The van der Waals surface area contributed by atoms with Crippen LogP contribution in [0, 0.1) is 19.3 Å². The average Bonchev–Trinajstić information content (AvgIpc) is 3.05. The quantitative estimate of drug-likeness (QED) is 0.126. The maximum atomic E-state index is 13.4. The van der Waals surface area contributed by atoms with Crippen LogP contribution in [0.4, 0.5) is 0 Å². The van der Waals surface area contributed by atoms with Crippen LogP contribution in [0.25, 0.3) is 0 Å². The van der Waals surface area contributed by atoms with Gasteiger partial charge in [0.15, 0.2) is 0 Å². The predicted molar refractivity (Wildman–Crippen MR) is 188 cm³/mol. The Morgan fingerprint density at radius 2 is 0.939 bits per heavy atom. The van der Waals surface area contributed by atoms with Crippen LogP contribution in [0.15, 0.2) is 140 Å². The largest absolute Gasteiger partial charge is 0.457 e. The molecule has 256 valence electrons. The zero-order valence-electron chi connectivity index (χ0n) is 27.9. The van der Waals surface area contributed by atoms with E-state index in [0.717, 1.165) is 16.7 Å². The van der Waals surface area contributed by atoms with Gasteiger partial charge in [0.05, 0.1) is 31.1 Å². The van der Waals surface area contributed by atoms with Crippen molar-refractivity contribution in [2.75, 3.05) is 6.61 Å². The summed E-state index contributed by atoms with van der Waals surface area (Å²) < 4.78 is 89.6. The molecule has 0 saturated carbocycles. The third-order valence-corrected chi connectivity index (χ3v) is 12.6. The highest BCUT2D eigenvalue weighted by Crippen LogP contribution is 2.29. The topological polar surface area (TPSA) is 121 Å². The predicted octanol–water partition coefficient (Wildman–Crippen LogP) is 8.10. The summed E-state index contributed by atoms with van der Waals surface area (Å²) in [6.45, 7) is 9.35. The normalized spacial score (nSPS) is 12.5. The second kappa shape index (κ2) is 13.9. The van der Waals surface area contributed by atoms with Crippen molar-refractivity contribution in [1.29, 1.82) is 0 Å². The molecule has 0 heterocycles. The van der Waals surface area contributed by atoms with Crippen LogP contribution < -0.4 is 4.74 Å². The van der Waals surface area contributed by atoms with E-state index in [4.69, 9.17) is 8.92 Å². The number of rotatable bonds is 11. The van der Waals surface area contributed by atoms with Gasteiger partial charge >= 0.3 is 0 Å². The van der Waals surface area contributed by atoms with E-state index in [1.807, 2.05) is 33.8 Å². The molecule has 0 atom stereocenters. The van der Waals surface area contributed by atoms with Crippen LogP contribution in [0.1, 0.15) is 43.0 Å². The van der Waals surface area contributed by atoms with Crippen molar-refractivity contribution >= 4 is 29.8 Å². The Labute approximate surface area is 289 Å². The van der Waals surface area contributed by atoms with Gasteiger partial charge in [0, 0.05) is 0 Å². The summed E-state index contributed by atoms with van der Waals surface area (Å²) in [7, 11) is -11.5. The number of hydrogen-bond acceptors (Lipinski definition) is 8. The zero-order valence-corrected chi connectivity index (χ0v) is 30.3. The first-order valence-electron chi connectivity index (χ1n) is 15.5. The molecule has 0 spiro atoms. The molecule has 0 radical (unpaired) electrons. The summed E-state index contributed by atoms with van der Waals surface area (Å²) in [5, 5.41) is 0. The standard InChI is InChI=1S/C38H38O8S3/c1-27-6-16-33(17-7-27)47(39,40)35-20-12-31(13-21-35)46-32-14-22-36(23-15-32)48(41,42)34-18-10-29(11-19-34)24-30-9-8-28(2)37(25-30)49(43,44)45-26-38(3,4)5/h6-23,25H,24,26H2,1-5H3.